The number of aldehydes is 1. The van der Waals surface area contributed by atoms with Gasteiger partial charge in [-0.25, -0.2) is 0 Å². The van der Waals surface area contributed by atoms with Gasteiger partial charge in [0.2, 0.25) is 11.8 Å². The summed E-state index contributed by atoms with van der Waals surface area (Å²) < 4.78 is 0. The highest BCUT2D eigenvalue weighted by molar-refractivity contribution is 5.99. The van der Waals surface area contributed by atoms with Gasteiger partial charge in [-0.3, -0.25) is 9.59 Å². The fourth-order valence-corrected chi connectivity index (χ4v) is 2.86. The number of amides is 2. The van der Waals surface area contributed by atoms with E-state index < -0.39 is 11.1 Å². The van der Waals surface area contributed by atoms with Gasteiger partial charge in [-0.1, -0.05) is 13.8 Å². The standard InChI is InChI=1S/C12H19N3O3/c1-8(2)9(17)15-11(5-13,7-16)3-4-12(15)6-14-10(12)18/h7-8H,3-6,13H2,1-2H3,(H,14,18). The Morgan fingerprint density at radius 3 is 2.56 bits per heavy atom. The highest BCUT2D eigenvalue weighted by Gasteiger charge is 2.64. The summed E-state index contributed by atoms with van der Waals surface area (Å²) in [6.07, 6.45) is 1.69. The van der Waals surface area contributed by atoms with Crippen LogP contribution in [0.4, 0.5) is 0 Å². The first-order chi connectivity index (χ1) is 8.43. The molecule has 1 spiro atoms. The summed E-state index contributed by atoms with van der Waals surface area (Å²) in [4.78, 5) is 37.1. The van der Waals surface area contributed by atoms with Gasteiger partial charge < -0.3 is 20.7 Å². The van der Waals surface area contributed by atoms with E-state index in [2.05, 4.69) is 5.32 Å². The van der Waals surface area contributed by atoms with E-state index in [1.165, 1.54) is 4.90 Å². The molecule has 100 valence electrons. The summed E-state index contributed by atoms with van der Waals surface area (Å²) in [5, 5.41) is 2.66. The number of carbonyl (C=O) groups is 3. The molecule has 2 fully saturated rings. The molecule has 0 aromatic rings. The van der Waals surface area contributed by atoms with Crippen LogP contribution in [0.15, 0.2) is 0 Å². The molecule has 0 aromatic heterocycles. The van der Waals surface area contributed by atoms with Gasteiger partial charge >= 0.3 is 0 Å². The van der Waals surface area contributed by atoms with Crippen molar-refractivity contribution in [3.8, 4) is 0 Å². The van der Waals surface area contributed by atoms with Crippen molar-refractivity contribution in [2.75, 3.05) is 13.1 Å². The van der Waals surface area contributed by atoms with Crippen LogP contribution in [0.3, 0.4) is 0 Å². The molecule has 6 nitrogen and oxygen atoms in total. The van der Waals surface area contributed by atoms with Gasteiger partial charge in [-0.05, 0) is 12.8 Å². The number of rotatable bonds is 3. The second-order valence-corrected chi connectivity index (χ2v) is 5.47. The number of nitrogens with one attached hydrogen (secondary N) is 1. The molecule has 0 bridgehead atoms. The maximum atomic E-state index is 12.4. The molecule has 2 atom stereocenters. The molecule has 3 N–H and O–H groups in total. The molecule has 2 aliphatic rings. The Kier molecular flexibility index (Phi) is 2.93. The Bertz CT molecular complexity index is 399. The normalized spacial score (nSPS) is 34.7. The molecule has 6 heteroatoms. The summed E-state index contributed by atoms with van der Waals surface area (Å²) in [6.45, 7) is 4.00. The highest BCUT2D eigenvalue weighted by Crippen LogP contribution is 2.43. The van der Waals surface area contributed by atoms with Crippen molar-refractivity contribution < 1.29 is 14.4 Å². The lowest BCUT2D eigenvalue weighted by Crippen LogP contribution is -2.75. The van der Waals surface area contributed by atoms with Crippen molar-refractivity contribution >= 4 is 18.1 Å². The first-order valence-corrected chi connectivity index (χ1v) is 6.22. The van der Waals surface area contributed by atoms with Crippen LogP contribution in [0.1, 0.15) is 26.7 Å². The third kappa shape index (κ3) is 1.41. The second kappa shape index (κ2) is 4.05. The fourth-order valence-electron chi connectivity index (χ4n) is 2.86. The highest BCUT2D eigenvalue weighted by atomic mass is 16.2. The van der Waals surface area contributed by atoms with Gasteiger partial charge in [-0.2, -0.15) is 0 Å². The van der Waals surface area contributed by atoms with Gasteiger partial charge in [0, 0.05) is 12.5 Å². The van der Waals surface area contributed by atoms with E-state index in [1.807, 2.05) is 0 Å². The summed E-state index contributed by atoms with van der Waals surface area (Å²) >= 11 is 0. The smallest absolute Gasteiger partial charge is 0.247 e. The van der Waals surface area contributed by atoms with Crippen molar-refractivity contribution in [2.24, 2.45) is 11.7 Å². The van der Waals surface area contributed by atoms with Crippen LogP contribution in [0, 0.1) is 5.92 Å². The summed E-state index contributed by atoms with van der Waals surface area (Å²) in [5.41, 5.74) is 3.84. The molecule has 2 aliphatic heterocycles. The van der Waals surface area contributed by atoms with Crippen LogP contribution in [0.5, 0.6) is 0 Å². The van der Waals surface area contributed by atoms with Crippen molar-refractivity contribution in [1.29, 1.82) is 0 Å². The van der Waals surface area contributed by atoms with Crippen molar-refractivity contribution in [2.45, 2.75) is 37.8 Å². The zero-order valence-corrected chi connectivity index (χ0v) is 10.7. The van der Waals surface area contributed by atoms with Gasteiger partial charge in [-0.15, -0.1) is 0 Å². The van der Waals surface area contributed by atoms with E-state index in [1.54, 1.807) is 13.8 Å². The minimum atomic E-state index is -1.01. The largest absolute Gasteiger partial charge is 0.351 e. The number of nitrogens with zero attached hydrogens (tertiary/aromatic N) is 1. The number of hydrogen-bond donors (Lipinski definition) is 2. The number of hydrogen-bond acceptors (Lipinski definition) is 4. The van der Waals surface area contributed by atoms with Gasteiger partial charge in [0.05, 0.1) is 6.54 Å². The Morgan fingerprint density at radius 1 is 1.56 bits per heavy atom. The van der Waals surface area contributed by atoms with Gasteiger partial charge in [0.15, 0.2) is 0 Å². The lowest BCUT2D eigenvalue weighted by molar-refractivity contribution is -0.161. The Morgan fingerprint density at radius 2 is 2.22 bits per heavy atom. The van der Waals surface area contributed by atoms with Crippen LogP contribution in [0.25, 0.3) is 0 Å². The fraction of sp³-hybridized carbons (Fsp3) is 0.750. The van der Waals surface area contributed by atoms with Crippen LogP contribution < -0.4 is 11.1 Å². The molecule has 0 saturated carbocycles. The lowest BCUT2D eigenvalue weighted by Gasteiger charge is -2.49. The third-order valence-corrected chi connectivity index (χ3v) is 4.10. The SMILES string of the molecule is CC(C)C(=O)N1C(C=O)(CN)CCC12CNC2=O. The maximum Gasteiger partial charge on any atom is 0.247 e. The average molecular weight is 253 g/mol. The minimum Gasteiger partial charge on any atom is -0.351 e. The molecule has 0 aliphatic carbocycles. The van der Waals surface area contributed by atoms with Crippen LogP contribution in [-0.2, 0) is 14.4 Å². The molecule has 18 heavy (non-hydrogen) atoms. The summed E-state index contributed by atoms with van der Waals surface area (Å²) in [7, 11) is 0. The Labute approximate surface area is 106 Å². The molecule has 0 aromatic carbocycles. The zero-order valence-electron chi connectivity index (χ0n) is 10.7. The lowest BCUT2D eigenvalue weighted by atomic mass is 9.87. The topological polar surface area (TPSA) is 92.5 Å². The average Bonchev–Trinajstić information content (AvgIpc) is 2.73. The van der Waals surface area contributed by atoms with Crippen LogP contribution in [0.2, 0.25) is 0 Å². The molecule has 2 heterocycles. The molecule has 2 unspecified atom stereocenters. The van der Waals surface area contributed by atoms with Crippen molar-refractivity contribution in [3.05, 3.63) is 0 Å². The number of β-lactam (4-membered cyclic amide) rings is 1. The quantitative estimate of drug-likeness (QED) is 0.500. The van der Waals surface area contributed by atoms with Gasteiger partial charge in [0.1, 0.15) is 17.4 Å². The molecule has 2 rings (SSSR count). The monoisotopic (exact) mass is 253 g/mol. The van der Waals surface area contributed by atoms with Crippen LogP contribution in [-0.4, -0.2) is 47.2 Å². The number of nitrogens with two attached hydrogens (primary N) is 1. The summed E-state index contributed by atoms with van der Waals surface area (Å²) in [5.74, 6) is -0.618. The summed E-state index contributed by atoms with van der Waals surface area (Å²) in [6, 6.07) is 0. The molecule has 2 saturated heterocycles. The minimum absolute atomic E-state index is 0.0595. The first kappa shape index (κ1) is 13.0. The second-order valence-electron chi connectivity index (χ2n) is 5.47. The third-order valence-electron chi connectivity index (χ3n) is 4.10. The van der Waals surface area contributed by atoms with Crippen LogP contribution >= 0.6 is 0 Å². The molecular formula is C12H19N3O3. The predicted molar refractivity (Wildman–Crippen MR) is 64.5 cm³/mol. The molecule has 0 radical (unpaired) electrons. The predicted octanol–water partition coefficient (Wildman–Crippen LogP) is -0.970. The Balaban J connectivity index is 2.45. The van der Waals surface area contributed by atoms with Crippen molar-refractivity contribution in [1.82, 2.24) is 10.2 Å². The van der Waals surface area contributed by atoms with E-state index in [9.17, 15) is 14.4 Å². The van der Waals surface area contributed by atoms with E-state index in [0.29, 0.717) is 19.4 Å². The molecular weight excluding hydrogens is 234 g/mol. The van der Waals surface area contributed by atoms with Gasteiger partial charge in [0.25, 0.3) is 0 Å². The van der Waals surface area contributed by atoms with E-state index >= 15 is 0 Å². The maximum absolute atomic E-state index is 12.4. The Hall–Kier alpha value is -1.43. The zero-order chi connectivity index (χ0) is 13.6. The number of likely N-dealkylation sites (tertiary alicyclic amines) is 1. The van der Waals surface area contributed by atoms with E-state index in [4.69, 9.17) is 5.73 Å². The molecule has 2 amide bonds. The van der Waals surface area contributed by atoms with E-state index in [0.717, 1.165) is 6.29 Å². The van der Waals surface area contributed by atoms with E-state index in [-0.39, 0.29) is 24.3 Å². The number of carbonyl (C=O) groups excluding carboxylic acids is 3. The first-order valence-electron chi connectivity index (χ1n) is 6.22. The van der Waals surface area contributed by atoms with Crippen molar-refractivity contribution in [3.63, 3.8) is 0 Å².